The predicted molar refractivity (Wildman–Crippen MR) is 101 cm³/mol. The summed E-state index contributed by atoms with van der Waals surface area (Å²) in [7, 11) is 0. The zero-order chi connectivity index (χ0) is 17.5. The van der Waals surface area contributed by atoms with E-state index >= 15 is 0 Å². The molecule has 0 radical (unpaired) electrons. The van der Waals surface area contributed by atoms with Crippen molar-refractivity contribution in [3.8, 4) is 0 Å². The summed E-state index contributed by atoms with van der Waals surface area (Å²) >= 11 is 1.54. The molecule has 0 saturated heterocycles. The quantitative estimate of drug-likeness (QED) is 0.709. The van der Waals surface area contributed by atoms with Crippen LogP contribution in [0.2, 0.25) is 0 Å². The molecule has 0 fully saturated rings. The number of hydrogen-bond donors (Lipinski definition) is 2. The fourth-order valence-corrected chi connectivity index (χ4v) is 3.13. The van der Waals surface area contributed by atoms with Crippen LogP contribution in [-0.2, 0) is 17.8 Å². The van der Waals surface area contributed by atoms with Crippen LogP contribution in [0, 0.1) is 0 Å². The molecule has 1 aromatic heterocycles. The van der Waals surface area contributed by atoms with Crippen LogP contribution < -0.4 is 10.6 Å². The number of rotatable bonds is 6. The number of amides is 2. The number of carbonyl (C=O) groups excluding carboxylic acids is 2. The molecule has 5 heteroatoms. The van der Waals surface area contributed by atoms with Crippen molar-refractivity contribution in [2.75, 3.05) is 5.32 Å². The Bertz CT molecular complexity index is 845. The van der Waals surface area contributed by atoms with Crippen LogP contribution in [0.3, 0.4) is 0 Å². The first-order valence-corrected chi connectivity index (χ1v) is 8.84. The van der Waals surface area contributed by atoms with Gasteiger partial charge in [-0.2, -0.15) is 0 Å². The number of benzene rings is 2. The Morgan fingerprint density at radius 2 is 1.64 bits per heavy atom. The molecule has 0 aliphatic rings. The van der Waals surface area contributed by atoms with Gasteiger partial charge in [-0.1, -0.05) is 48.5 Å². The monoisotopic (exact) mass is 350 g/mol. The van der Waals surface area contributed by atoms with E-state index in [-0.39, 0.29) is 11.8 Å². The van der Waals surface area contributed by atoms with Gasteiger partial charge in [-0.3, -0.25) is 9.59 Å². The van der Waals surface area contributed by atoms with Gasteiger partial charge in [0.2, 0.25) is 5.91 Å². The van der Waals surface area contributed by atoms with Crippen LogP contribution in [-0.4, -0.2) is 11.8 Å². The minimum Gasteiger partial charge on any atom is -0.348 e. The van der Waals surface area contributed by atoms with Crippen molar-refractivity contribution in [2.24, 2.45) is 0 Å². The van der Waals surface area contributed by atoms with E-state index in [1.807, 2.05) is 47.8 Å². The third-order valence-corrected chi connectivity index (χ3v) is 4.53. The average Bonchev–Trinajstić information content (AvgIpc) is 3.14. The Morgan fingerprint density at radius 1 is 0.880 bits per heavy atom. The third kappa shape index (κ3) is 4.78. The van der Waals surface area contributed by atoms with Crippen LogP contribution in [0.15, 0.2) is 72.1 Å². The molecule has 0 aliphatic heterocycles. The minimum atomic E-state index is -0.212. The fraction of sp³-hybridized carbons (Fsp3) is 0.100. The van der Waals surface area contributed by atoms with Gasteiger partial charge in [0.15, 0.2) is 0 Å². The van der Waals surface area contributed by atoms with E-state index in [4.69, 9.17) is 0 Å². The van der Waals surface area contributed by atoms with Crippen molar-refractivity contribution in [1.82, 2.24) is 5.32 Å². The molecule has 4 nitrogen and oxygen atoms in total. The van der Waals surface area contributed by atoms with E-state index in [0.717, 1.165) is 10.4 Å². The van der Waals surface area contributed by atoms with E-state index in [9.17, 15) is 9.59 Å². The molecule has 126 valence electrons. The molecule has 2 N–H and O–H groups in total. The van der Waals surface area contributed by atoms with Crippen molar-refractivity contribution >= 4 is 28.8 Å². The summed E-state index contributed by atoms with van der Waals surface area (Å²) in [6.07, 6.45) is 0.303. The highest BCUT2D eigenvalue weighted by Gasteiger charge is 2.13. The Kier molecular flexibility index (Phi) is 5.59. The van der Waals surface area contributed by atoms with Crippen LogP contribution in [0.5, 0.6) is 0 Å². The van der Waals surface area contributed by atoms with Gasteiger partial charge in [0, 0.05) is 11.4 Å². The van der Waals surface area contributed by atoms with Gasteiger partial charge in [0.05, 0.1) is 17.7 Å². The molecule has 0 bridgehead atoms. The van der Waals surface area contributed by atoms with Crippen LogP contribution in [0.4, 0.5) is 5.69 Å². The first-order valence-electron chi connectivity index (χ1n) is 7.96. The maximum Gasteiger partial charge on any atom is 0.253 e. The lowest BCUT2D eigenvalue weighted by atomic mass is 10.1. The van der Waals surface area contributed by atoms with Gasteiger partial charge in [0.25, 0.3) is 5.91 Å². The molecule has 0 unspecified atom stereocenters. The Balaban J connectivity index is 1.65. The van der Waals surface area contributed by atoms with E-state index in [1.54, 1.807) is 24.3 Å². The molecule has 2 amide bonds. The predicted octanol–water partition coefficient (Wildman–Crippen LogP) is 3.86. The first-order chi connectivity index (χ1) is 12.2. The van der Waals surface area contributed by atoms with Gasteiger partial charge in [0.1, 0.15) is 0 Å². The molecule has 1 heterocycles. The maximum absolute atomic E-state index is 12.5. The maximum atomic E-state index is 12.5. The molecular weight excluding hydrogens is 332 g/mol. The second-order valence-electron chi connectivity index (χ2n) is 5.52. The number of thiophene rings is 1. The second kappa shape index (κ2) is 8.26. The SMILES string of the molecule is O=C(Cc1cccs1)Nc1ccccc1C(=O)NCc1ccccc1. The number of nitrogens with one attached hydrogen (secondary N) is 2. The summed E-state index contributed by atoms with van der Waals surface area (Å²) in [5, 5.41) is 7.66. The second-order valence-corrected chi connectivity index (χ2v) is 6.55. The molecule has 0 spiro atoms. The smallest absolute Gasteiger partial charge is 0.253 e. The van der Waals surface area contributed by atoms with Crippen molar-refractivity contribution in [1.29, 1.82) is 0 Å². The molecule has 3 rings (SSSR count). The van der Waals surface area contributed by atoms with E-state index in [2.05, 4.69) is 10.6 Å². The summed E-state index contributed by atoms with van der Waals surface area (Å²) in [6.45, 7) is 0.442. The number of carbonyl (C=O) groups is 2. The summed E-state index contributed by atoms with van der Waals surface area (Å²) in [6, 6.07) is 20.6. The largest absolute Gasteiger partial charge is 0.348 e. The van der Waals surface area contributed by atoms with Gasteiger partial charge in [-0.25, -0.2) is 0 Å². The third-order valence-electron chi connectivity index (χ3n) is 3.66. The van der Waals surface area contributed by atoms with Crippen molar-refractivity contribution < 1.29 is 9.59 Å². The van der Waals surface area contributed by atoms with Crippen molar-refractivity contribution in [2.45, 2.75) is 13.0 Å². The summed E-state index contributed by atoms with van der Waals surface area (Å²) in [5.41, 5.74) is 2.00. The summed E-state index contributed by atoms with van der Waals surface area (Å²) in [5.74, 6) is -0.346. The Labute approximate surface area is 150 Å². The van der Waals surface area contributed by atoms with E-state index in [1.165, 1.54) is 11.3 Å². The van der Waals surface area contributed by atoms with Crippen LogP contribution >= 0.6 is 11.3 Å². The normalized spacial score (nSPS) is 10.2. The van der Waals surface area contributed by atoms with Crippen LogP contribution in [0.1, 0.15) is 20.8 Å². The molecular formula is C20H18N2O2S. The highest BCUT2D eigenvalue weighted by molar-refractivity contribution is 7.10. The number of para-hydroxylation sites is 1. The highest BCUT2D eigenvalue weighted by Crippen LogP contribution is 2.17. The summed E-state index contributed by atoms with van der Waals surface area (Å²) < 4.78 is 0. The number of anilines is 1. The molecule has 2 aromatic carbocycles. The number of hydrogen-bond acceptors (Lipinski definition) is 3. The molecule has 0 aliphatic carbocycles. The first kappa shape index (κ1) is 16.9. The molecule has 3 aromatic rings. The Hall–Kier alpha value is -2.92. The van der Waals surface area contributed by atoms with Crippen molar-refractivity contribution in [3.63, 3.8) is 0 Å². The van der Waals surface area contributed by atoms with Gasteiger partial charge in [-0.05, 0) is 29.1 Å². The van der Waals surface area contributed by atoms with Gasteiger partial charge >= 0.3 is 0 Å². The zero-order valence-corrected chi connectivity index (χ0v) is 14.4. The lowest BCUT2D eigenvalue weighted by molar-refractivity contribution is -0.115. The fourth-order valence-electron chi connectivity index (χ4n) is 2.43. The molecule has 0 atom stereocenters. The average molecular weight is 350 g/mol. The van der Waals surface area contributed by atoms with E-state index < -0.39 is 0 Å². The standard InChI is InChI=1S/C20H18N2O2S/c23-19(13-16-9-6-12-25-16)22-18-11-5-4-10-17(18)20(24)21-14-15-7-2-1-3-8-15/h1-12H,13-14H2,(H,21,24)(H,22,23). The van der Waals surface area contributed by atoms with Crippen molar-refractivity contribution in [3.05, 3.63) is 88.1 Å². The molecule has 25 heavy (non-hydrogen) atoms. The summed E-state index contributed by atoms with van der Waals surface area (Å²) in [4.78, 5) is 25.7. The lowest BCUT2D eigenvalue weighted by Crippen LogP contribution is -2.25. The molecule has 0 saturated carbocycles. The van der Waals surface area contributed by atoms with Crippen LogP contribution in [0.25, 0.3) is 0 Å². The van der Waals surface area contributed by atoms with Gasteiger partial charge < -0.3 is 10.6 Å². The minimum absolute atomic E-state index is 0.134. The van der Waals surface area contributed by atoms with Gasteiger partial charge in [-0.15, -0.1) is 11.3 Å². The highest BCUT2D eigenvalue weighted by atomic mass is 32.1. The zero-order valence-electron chi connectivity index (χ0n) is 13.6. The lowest BCUT2D eigenvalue weighted by Gasteiger charge is -2.11. The van der Waals surface area contributed by atoms with E-state index in [0.29, 0.717) is 24.2 Å². The topological polar surface area (TPSA) is 58.2 Å². The Morgan fingerprint density at radius 3 is 2.40 bits per heavy atom.